The molecular formula is C14H16ClN3. The van der Waals surface area contributed by atoms with Crippen LogP contribution in [0.3, 0.4) is 0 Å². The summed E-state index contributed by atoms with van der Waals surface area (Å²) in [4.78, 5) is 0. The van der Waals surface area contributed by atoms with Gasteiger partial charge in [0.15, 0.2) is 0 Å². The highest BCUT2D eigenvalue weighted by atomic mass is 35.5. The molecule has 0 heterocycles. The Morgan fingerprint density at radius 3 is 2.44 bits per heavy atom. The molecule has 1 unspecified atom stereocenters. The summed E-state index contributed by atoms with van der Waals surface area (Å²) >= 11 is 6.16. The van der Waals surface area contributed by atoms with Crippen molar-refractivity contribution in [2.75, 3.05) is 16.8 Å². The molecule has 0 radical (unpaired) electrons. The molecule has 18 heavy (non-hydrogen) atoms. The van der Waals surface area contributed by atoms with Gasteiger partial charge in [-0.05, 0) is 36.8 Å². The van der Waals surface area contributed by atoms with Crippen LogP contribution in [0, 0.1) is 0 Å². The van der Waals surface area contributed by atoms with Crippen LogP contribution < -0.4 is 16.8 Å². The van der Waals surface area contributed by atoms with Crippen molar-refractivity contribution in [3.8, 4) is 0 Å². The first-order chi connectivity index (χ1) is 8.58. The Labute approximate surface area is 112 Å². The first kappa shape index (κ1) is 12.6. The molecule has 0 aliphatic rings. The molecule has 0 fully saturated rings. The van der Waals surface area contributed by atoms with E-state index < -0.39 is 0 Å². The Balaban J connectivity index is 2.19. The standard InChI is InChI=1S/C14H16ClN3/c1-9(11-4-2-3-5-12(11)15)18-10-6-7-13(16)14(17)8-10/h2-9,18H,16-17H2,1H3. The number of halogens is 1. The molecule has 0 aromatic heterocycles. The van der Waals surface area contributed by atoms with E-state index in [1.165, 1.54) is 0 Å². The Bertz CT molecular complexity index is 554. The third-order valence-electron chi connectivity index (χ3n) is 2.84. The van der Waals surface area contributed by atoms with E-state index >= 15 is 0 Å². The van der Waals surface area contributed by atoms with Gasteiger partial charge >= 0.3 is 0 Å². The quantitative estimate of drug-likeness (QED) is 0.739. The van der Waals surface area contributed by atoms with Gasteiger partial charge in [-0.3, -0.25) is 0 Å². The molecule has 2 rings (SSSR count). The molecule has 0 saturated heterocycles. The van der Waals surface area contributed by atoms with Crippen molar-refractivity contribution in [3.63, 3.8) is 0 Å². The second kappa shape index (κ2) is 5.19. The first-order valence-corrected chi connectivity index (χ1v) is 6.11. The van der Waals surface area contributed by atoms with Crippen LogP contribution in [0.4, 0.5) is 17.1 Å². The summed E-state index contributed by atoms with van der Waals surface area (Å²) in [5.74, 6) is 0. The van der Waals surface area contributed by atoms with Crippen LogP contribution in [-0.2, 0) is 0 Å². The second-order valence-corrected chi connectivity index (χ2v) is 4.64. The maximum Gasteiger partial charge on any atom is 0.0568 e. The van der Waals surface area contributed by atoms with Gasteiger partial charge in [-0.2, -0.15) is 0 Å². The SMILES string of the molecule is CC(Nc1ccc(N)c(N)c1)c1ccccc1Cl. The lowest BCUT2D eigenvalue weighted by Crippen LogP contribution is -2.07. The molecular weight excluding hydrogens is 246 g/mol. The zero-order valence-electron chi connectivity index (χ0n) is 10.2. The van der Waals surface area contributed by atoms with Crippen molar-refractivity contribution in [2.24, 2.45) is 0 Å². The van der Waals surface area contributed by atoms with Crippen molar-refractivity contribution in [2.45, 2.75) is 13.0 Å². The van der Waals surface area contributed by atoms with E-state index in [4.69, 9.17) is 23.1 Å². The number of nitrogens with one attached hydrogen (secondary N) is 1. The second-order valence-electron chi connectivity index (χ2n) is 4.23. The molecule has 2 aromatic rings. The molecule has 0 amide bonds. The Kier molecular flexibility index (Phi) is 3.63. The average Bonchev–Trinajstić information content (AvgIpc) is 2.34. The molecule has 0 spiro atoms. The molecule has 0 aliphatic heterocycles. The Morgan fingerprint density at radius 1 is 1.06 bits per heavy atom. The van der Waals surface area contributed by atoms with E-state index in [0.29, 0.717) is 11.4 Å². The summed E-state index contributed by atoms with van der Waals surface area (Å²) in [5.41, 5.74) is 14.6. The van der Waals surface area contributed by atoms with Crippen LogP contribution >= 0.6 is 11.6 Å². The van der Waals surface area contributed by atoms with Crippen LogP contribution in [0.1, 0.15) is 18.5 Å². The number of benzene rings is 2. The van der Waals surface area contributed by atoms with E-state index in [1.807, 2.05) is 43.3 Å². The van der Waals surface area contributed by atoms with Crippen LogP contribution in [0.15, 0.2) is 42.5 Å². The Hall–Kier alpha value is -1.87. The van der Waals surface area contributed by atoms with Gasteiger partial charge in [0, 0.05) is 16.8 Å². The fourth-order valence-corrected chi connectivity index (χ4v) is 2.12. The van der Waals surface area contributed by atoms with Gasteiger partial charge in [0.2, 0.25) is 0 Å². The van der Waals surface area contributed by atoms with E-state index in [1.54, 1.807) is 6.07 Å². The topological polar surface area (TPSA) is 64.1 Å². The van der Waals surface area contributed by atoms with Gasteiger partial charge in [0.05, 0.1) is 11.4 Å². The fourth-order valence-electron chi connectivity index (χ4n) is 1.82. The summed E-state index contributed by atoms with van der Waals surface area (Å²) in [7, 11) is 0. The summed E-state index contributed by atoms with van der Waals surface area (Å²) in [5, 5.41) is 4.10. The third-order valence-corrected chi connectivity index (χ3v) is 3.19. The first-order valence-electron chi connectivity index (χ1n) is 5.74. The van der Waals surface area contributed by atoms with E-state index in [9.17, 15) is 0 Å². The number of nitrogens with two attached hydrogens (primary N) is 2. The van der Waals surface area contributed by atoms with Crippen molar-refractivity contribution in [1.82, 2.24) is 0 Å². The molecule has 94 valence electrons. The van der Waals surface area contributed by atoms with Gasteiger partial charge in [0.25, 0.3) is 0 Å². The van der Waals surface area contributed by atoms with Crippen molar-refractivity contribution in [3.05, 3.63) is 53.1 Å². The predicted molar refractivity (Wildman–Crippen MR) is 78.8 cm³/mol. The van der Waals surface area contributed by atoms with Crippen LogP contribution in [0.2, 0.25) is 5.02 Å². The van der Waals surface area contributed by atoms with Gasteiger partial charge in [0.1, 0.15) is 0 Å². The summed E-state index contributed by atoms with van der Waals surface area (Å²) in [6, 6.07) is 13.4. The van der Waals surface area contributed by atoms with Gasteiger partial charge in [-0.25, -0.2) is 0 Å². The minimum Gasteiger partial charge on any atom is -0.397 e. The highest BCUT2D eigenvalue weighted by Crippen LogP contribution is 2.27. The number of anilines is 3. The molecule has 3 nitrogen and oxygen atoms in total. The maximum atomic E-state index is 6.16. The largest absolute Gasteiger partial charge is 0.397 e. The van der Waals surface area contributed by atoms with Gasteiger partial charge in [-0.15, -0.1) is 0 Å². The number of hydrogen-bond acceptors (Lipinski definition) is 3. The lowest BCUT2D eigenvalue weighted by Gasteiger charge is -2.17. The van der Waals surface area contributed by atoms with Crippen molar-refractivity contribution >= 4 is 28.7 Å². The highest BCUT2D eigenvalue weighted by Gasteiger charge is 2.09. The number of hydrogen-bond donors (Lipinski definition) is 3. The minimum absolute atomic E-state index is 0.0988. The zero-order chi connectivity index (χ0) is 13.1. The maximum absolute atomic E-state index is 6.16. The van der Waals surface area contributed by atoms with E-state index in [0.717, 1.165) is 16.3 Å². The molecule has 2 aromatic carbocycles. The average molecular weight is 262 g/mol. The van der Waals surface area contributed by atoms with Gasteiger partial charge < -0.3 is 16.8 Å². The molecule has 4 heteroatoms. The third kappa shape index (κ3) is 2.68. The fraction of sp³-hybridized carbons (Fsp3) is 0.143. The lowest BCUT2D eigenvalue weighted by atomic mass is 10.1. The monoisotopic (exact) mass is 261 g/mol. The van der Waals surface area contributed by atoms with Crippen LogP contribution in [0.5, 0.6) is 0 Å². The molecule has 0 bridgehead atoms. The van der Waals surface area contributed by atoms with Crippen LogP contribution in [-0.4, -0.2) is 0 Å². The van der Waals surface area contributed by atoms with E-state index in [-0.39, 0.29) is 6.04 Å². The number of rotatable bonds is 3. The smallest absolute Gasteiger partial charge is 0.0568 e. The highest BCUT2D eigenvalue weighted by molar-refractivity contribution is 6.31. The number of nitrogen functional groups attached to an aromatic ring is 2. The van der Waals surface area contributed by atoms with Crippen molar-refractivity contribution < 1.29 is 0 Å². The van der Waals surface area contributed by atoms with Crippen LogP contribution in [0.25, 0.3) is 0 Å². The lowest BCUT2D eigenvalue weighted by molar-refractivity contribution is 0.885. The molecule has 0 aliphatic carbocycles. The molecule has 0 saturated carbocycles. The summed E-state index contributed by atoms with van der Waals surface area (Å²) in [6.45, 7) is 2.05. The summed E-state index contributed by atoms with van der Waals surface area (Å²) < 4.78 is 0. The zero-order valence-corrected chi connectivity index (χ0v) is 10.9. The normalized spacial score (nSPS) is 12.1. The summed E-state index contributed by atoms with van der Waals surface area (Å²) in [6.07, 6.45) is 0. The van der Waals surface area contributed by atoms with Crippen molar-refractivity contribution in [1.29, 1.82) is 0 Å². The predicted octanol–water partition coefficient (Wildman–Crippen LogP) is 3.68. The minimum atomic E-state index is 0.0988. The van der Waals surface area contributed by atoms with E-state index in [2.05, 4.69) is 5.32 Å². The van der Waals surface area contributed by atoms with Gasteiger partial charge in [-0.1, -0.05) is 29.8 Å². The molecule has 5 N–H and O–H groups in total. The molecule has 1 atom stereocenters. The Morgan fingerprint density at radius 2 is 1.78 bits per heavy atom.